The van der Waals surface area contributed by atoms with Crippen molar-refractivity contribution in [3.8, 4) is 6.07 Å². The fourth-order valence-corrected chi connectivity index (χ4v) is 1.88. The van der Waals surface area contributed by atoms with Crippen LogP contribution in [-0.4, -0.2) is 17.4 Å². The van der Waals surface area contributed by atoms with E-state index in [9.17, 15) is 4.79 Å². The van der Waals surface area contributed by atoms with E-state index in [1.165, 1.54) is 0 Å². The second kappa shape index (κ2) is 3.74. The van der Waals surface area contributed by atoms with Gasteiger partial charge >= 0.3 is 0 Å². The van der Waals surface area contributed by atoms with E-state index in [-0.39, 0.29) is 5.91 Å². The minimum atomic E-state index is 0.0592. The van der Waals surface area contributed by atoms with Crippen molar-refractivity contribution < 1.29 is 4.79 Å². The van der Waals surface area contributed by atoms with Gasteiger partial charge in [-0.15, -0.1) is 0 Å². The zero-order valence-corrected chi connectivity index (χ0v) is 8.66. The van der Waals surface area contributed by atoms with Crippen molar-refractivity contribution in [3.05, 3.63) is 34.9 Å². The Morgan fingerprint density at radius 3 is 3.00 bits per heavy atom. The summed E-state index contributed by atoms with van der Waals surface area (Å²) in [6, 6.07) is 7.38. The molecule has 0 aromatic heterocycles. The Bertz CT molecular complexity index is 445. The molecule has 0 saturated carbocycles. The van der Waals surface area contributed by atoms with Gasteiger partial charge in [0.1, 0.15) is 0 Å². The van der Waals surface area contributed by atoms with Gasteiger partial charge < -0.3 is 4.90 Å². The molecule has 3 heteroatoms. The van der Waals surface area contributed by atoms with Crippen molar-refractivity contribution in [2.24, 2.45) is 0 Å². The smallest absolute Gasteiger partial charge is 0.254 e. The van der Waals surface area contributed by atoms with Gasteiger partial charge in [0, 0.05) is 18.7 Å². The summed E-state index contributed by atoms with van der Waals surface area (Å²) in [5.74, 6) is 0.0592. The zero-order chi connectivity index (χ0) is 10.8. The van der Waals surface area contributed by atoms with Gasteiger partial charge in [0.25, 0.3) is 5.91 Å². The Kier molecular flexibility index (Phi) is 2.42. The first-order valence-electron chi connectivity index (χ1n) is 5.08. The topological polar surface area (TPSA) is 44.1 Å². The van der Waals surface area contributed by atoms with E-state index < -0.39 is 0 Å². The lowest BCUT2D eigenvalue weighted by atomic mass is 10.1. The molecular formula is C12H12N2O. The molecule has 0 bridgehead atoms. The van der Waals surface area contributed by atoms with Crippen LogP contribution in [0.2, 0.25) is 0 Å². The van der Waals surface area contributed by atoms with Crippen molar-refractivity contribution in [2.75, 3.05) is 6.54 Å². The third-order valence-electron chi connectivity index (χ3n) is 2.61. The molecule has 0 spiro atoms. The van der Waals surface area contributed by atoms with Crippen LogP contribution in [0.1, 0.15) is 34.8 Å². The molecule has 0 atom stereocenters. The highest BCUT2D eigenvalue weighted by molar-refractivity contribution is 5.98. The van der Waals surface area contributed by atoms with Crippen LogP contribution in [0.5, 0.6) is 0 Å². The Labute approximate surface area is 88.9 Å². The molecule has 1 aliphatic heterocycles. The Hall–Kier alpha value is -1.82. The Balaban J connectivity index is 2.34. The molecular weight excluding hydrogens is 188 g/mol. The predicted molar refractivity (Wildman–Crippen MR) is 56.2 cm³/mol. The average molecular weight is 200 g/mol. The van der Waals surface area contributed by atoms with Gasteiger partial charge in [-0.05, 0) is 24.1 Å². The third-order valence-corrected chi connectivity index (χ3v) is 2.61. The van der Waals surface area contributed by atoms with Gasteiger partial charge in [-0.2, -0.15) is 5.26 Å². The van der Waals surface area contributed by atoms with Crippen LogP contribution in [0.25, 0.3) is 0 Å². The molecule has 1 heterocycles. The van der Waals surface area contributed by atoms with E-state index in [1.54, 1.807) is 12.1 Å². The molecule has 0 unspecified atom stereocenters. The fourth-order valence-electron chi connectivity index (χ4n) is 1.88. The maximum absolute atomic E-state index is 11.9. The standard InChI is InChI=1S/C12H12N2O/c1-2-5-14-8-10-4-3-9(7-13)6-11(10)12(14)15/h3-4,6H,2,5,8H2,1H3. The van der Waals surface area contributed by atoms with Crippen LogP contribution in [0.4, 0.5) is 0 Å². The average Bonchev–Trinajstić information content (AvgIpc) is 2.56. The molecule has 0 radical (unpaired) electrons. The molecule has 15 heavy (non-hydrogen) atoms. The van der Waals surface area contributed by atoms with Gasteiger partial charge in [0.2, 0.25) is 0 Å². The minimum Gasteiger partial charge on any atom is -0.334 e. The first-order valence-corrected chi connectivity index (χ1v) is 5.08. The van der Waals surface area contributed by atoms with Crippen molar-refractivity contribution in [1.82, 2.24) is 4.90 Å². The lowest BCUT2D eigenvalue weighted by molar-refractivity contribution is 0.0778. The van der Waals surface area contributed by atoms with Gasteiger partial charge in [-0.1, -0.05) is 13.0 Å². The van der Waals surface area contributed by atoms with Crippen molar-refractivity contribution in [2.45, 2.75) is 19.9 Å². The summed E-state index contributed by atoms with van der Waals surface area (Å²) in [6.45, 7) is 3.53. The summed E-state index contributed by atoms with van der Waals surface area (Å²) in [6.07, 6.45) is 0.963. The second-order valence-corrected chi connectivity index (χ2v) is 3.71. The molecule has 1 amide bonds. The molecule has 0 aliphatic carbocycles. The predicted octanol–water partition coefficient (Wildman–Crippen LogP) is 1.92. The minimum absolute atomic E-state index is 0.0592. The molecule has 1 aromatic carbocycles. The zero-order valence-electron chi connectivity index (χ0n) is 8.66. The van der Waals surface area contributed by atoms with E-state index >= 15 is 0 Å². The van der Waals surface area contributed by atoms with E-state index in [0.717, 1.165) is 18.5 Å². The van der Waals surface area contributed by atoms with Crippen LogP contribution in [0, 0.1) is 11.3 Å². The number of amides is 1. The molecule has 1 aliphatic rings. The highest BCUT2D eigenvalue weighted by Gasteiger charge is 2.26. The summed E-state index contributed by atoms with van der Waals surface area (Å²) in [5.41, 5.74) is 2.29. The normalized spacial score (nSPS) is 13.9. The molecule has 0 saturated heterocycles. The number of hydrogen-bond acceptors (Lipinski definition) is 2. The van der Waals surface area contributed by atoms with Crippen LogP contribution >= 0.6 is 0 Å². The van der Waals surface area contributed by atoms with E-state index in [1.807, 2.05) is 11.0 Å². The number of nitriles is 1. The first kappa shape index (κ1) is 9.72. The summed E-state index contributed by atoms with van der Waals surface area (Å²) in [5, 5.41) is 8.75. The maximum atomic E-state index is 11.9. The first-order chi connectivity index (χ1) is 7.26. The second-order valence-electron chi connectivity index (χ2n) is 3.71. The summed E-state index contributed by atoms with van der Waals surface area (Å²) in [7, 11) is 0. The molecule has 0 N–H and O–H groups in total. The molecule has 3 nitrogen and oxygen atoms in total. The quantitative estimate of drug-likeness (QED) is 0.732. The highest BCUT2D eigenvalue weighted by atomic mass is 16.2. The number of carbonyl (C=O) groups excluding carboxylic acids is 1. The molecule has 76 valence electrons. The number of carbonyl (C=O) groups is 1. The third kappa shape index (κ3) is 1.59. The van der Waals surface area contributed by atoms with Gasteiger partial charge in [-0.3, -0.25) is 4.79 Å². The summed E-state index contributed by atoms with van der Waals surface area (Å²) < 4.78 is 0. The lowest BCUT2D eigenvalue weighted by Crippen LogP contribution is -2.24. The van der Waals surface area contributed by atoms with Crippen molar-refractivity contribution >= 4 is 5.91 Å². The Morgan fingerprint density at radius 1 is 1.53 bits per heavy atom. The molecule has 0 fully saturated rings. The summed E-state index contributed by atoms with van der Waals surface area (Å²) >= 11 is 0. The van der Waals surface area contributed by atoms with Crippen molar-refractivity contribution in [3.63, 3.8) is 0 Å². The lowest BCUT2D eigenvalue weighted by Gasteiger charge is -2.13. The van der Waals surface area contributed by atoms with Crippen LogP contribution in [0.3, 0.4) is 0 Å². The van der Waals surface area contributed by atoms with E-state index in [0.29, 0.717) is 17.7 Å². The number of hydrogen-bond donors (Lipinski definition) is 0. The summed E-state index contributed by atoms with van der Waals surface area (Å²) in [4.78, 5) is 13.7. The monoisotopic (exact) mass is 200 g/mol. The number of rotatable bonds is 2. The van der Waals surface area contributed by atoms with Crippen LogP contribution < -0.4 is 0 Å². The number of benzene rings is 1. The fraction of sp³-hybridized carbons (Fsp3) is 0.333. The number of nitrogens with zero attached hydrogens (tertiary/aromatic N) is 2. The molecule has 2 rings (SSSR count). The van der Waals surface area contributed by atoms with E-state index in [4.69, 9.17) is 5.26 Å². The number of fused-ring (bicyclic) bond motifs is 1. The van der Waals surface area contributed by atoms with Crippen molar-refractivity contribution in [1.29, 1.82) is 5.26 Å². The maximum Gasteiger partial charge on any atom is 0.254 e. The van der Waals surface area contributed by atoms with Gasteiger partial charge in [0.05, 0.1) is 11.6 Å². The van der Waals surface area contributed by atoms with E-state index in [2.05, 4.69) is 13.0 Å². The van der Waals surface area contributed by atoms with Crippen LogP contribution in [-0.2, 0) is 6.54 Å². The van der Waals surface area contributed by atoms with Gasteiger partial charge in [-0.25, -0.2) is 0 Å². The molecule has 1 aromatic rings. The highest BCUT2D eigenvalue weighted by Crippen LogP contribution is 2.23. The van der Waals surface area contributed by atoms with Crippen LogP contribution in [0.15, 0.2) is 18.2 Å². The van der Waals surface area contributed by atoms with Gasteiger partial charge in [0.15, 0.2) is 0 Å². The largest absolute Gasteiger partial charge is 0.334 e. The SMILES string of the molecule is CCCN1Cc2ccc(C#N)cc2C1=O. The Morgan fingerprint density at radius 2 is 2.33 bits per heavy atom.